The SMILES string of the molecule is Cc1cc(Br)c(C(N)CC(C)(C)CC(N)=O)cc1Br. The molecule has 1 aromatic rings. The molecule has 106 valence electrons. The Morgan fingerprint density at radius 2 is 1.89 bits per heavy atom. The van der Waals surface area contributed by atoms with Gasteiger partial charge in [-0.25, -0.2) is 0 Å². The van der Waals surface area contributed by atoms with E-state index in [2.05, 4.69) is 31.9 Å². The van der Waals surface area contributed by atoms with Crippen LogP contribution < -0.4 is 11.5 Å². The smallest absolute Gasteiger partial charge is 0.217 e. The fourth-order valence-electron chi connectivity index (χ4n) is 2.19. The summed E-state index contributed by atoms with van der Waals surface area (Å²) in [6.07, 6.45) is 1.04. The first-order chi connectivity index (χ1) is 8.62. The van der Waals surface area contributed by atoms with Crippen molar-refractivity contribution in [1.82, 2.24) is 0 Å². The van der Waals surface area contributed by atoms with Gasteiger partial charge in [-0.15, -0.1) is 0 Å². The van der Waals surface area contributed by atoms with Gasteiger partial charge in [0.1, 0.15) is 0 Å². The van der Waals surface area contributed by atoms with E-state index in [0.29, 0.717) is 12.8 Å². The molecular weight excluding hydrogens is 372 g/mol. The predicted molar refractivity (Wildman–Crippen MR) is 85.7 cm³/mol. The second-order valence-corrected chi connectivity index (χ2v) is 7.45. The van der Waals surface area contributed by atoms with Gasteiger partial charge in [-0.3, -0.25) is 4.79 Å². The number of hydrogen-bond acceptors (Lipinski definition) is 2. The maximum absolute atomic E-state index is 11.1. The number of carbonyl (C=O) groups is 1. The third kappa shape index (κ3) is 4.89. The van der Waals surface area contributed by atoms with Crippen LogP contribution in [0.15, 0.2) is 21.1 Å². The monoisotopic (exact) mass is 390 g/mol. The van der Waals surface area contributed by atoms with Crippen LogP contribution in [0.5, 0.6) is 0 Å². The van der Waals surface area contributed by atoms with E-state index in [-0.39, 0.29) is 17.4 Å². The lowest BCUT2D eigenvalue weighted by molar-refractivity contribution is -0.120. The van der Waals surface area contributed by atoms with E-state index >= 15 is 0 Å². The van der Waals surface area contributed by atoms with Crippen LogP contribution in [0, 0.1) is 12.3 Å². The summed E-state index contributed by atoms with van der Waals surface area (Å²) in [5.74, 6) is -0.290. The van der Waals surface area contributed by atoms with E-state index in [4.69, 9.17) is 11.5 Å². The van der Waals surface area contributed by atoms with E-state index in [1.54, 1.807) is 0 Å². The Morgan fingerprint density at radius 3 is 2.42 bits per heavy atom. The molecule has 5 heteroatoms. The molecule has 0 saturated carbocycles. The van der Waals surface area contributed by atoms with Crippen LogP contribution in [-0.2, 0) is 4.79 Å². The number of carbonyl (C=O) groups excluding carboxylic acids is 1. The molecule has 0 saturated heterocycles. The number of benzene rings is 1. The zero-order chi connectivity index (χ0) is 14.8. The van der Waals surface area contributed by atoms with E-state index in [0.717, 1.165) is 20.1 Å². The highest BCUT2D eigenvalue weighted by Gasteiger charge is 2.25. The lowest BCUT2D eigenvalue weighted by atomic mass is 9.81. The first-order valence-corrected chi connectivity index (χ1v) is 7.70. The molecule has 3 nitrogen and oxygen atoms in total. The van der Waals surface area contributed by atoms with Crippen molar-refractivity contribution in [3.63, 3.8) is 0 Å². The molecule has 0 heterocycles. The van der Waals surface area contributed by atoms with Gasteiger partial charge in [-0.1, -0.05) is 45.7 Å². The van der Waals surface area contributed by atoms with Crippen molar-refractivity contribution >= 4 is 37.8 Å². The number of amides is 1. The van der Waals surface area contributed by atoms with Gasteiger partial charge in [0.2, 0.25) is 5.91 Å². The summed E-state index contributed by atoms with van der Waals surface area (Å²) in [7, 11) is 0. The second kappa shape index (κ2) is 6.37. The van der Waals surface area contributed by atoms with Crippen LogP contribution in [0.3, 0.4) is 0 Å². The summed E-state index contributed by atoms with van der Waals surface area (Å²) in [6.45, 7) is 6.05. The van der Waals surface area contributed by atoms with Gasteiger partial charge in [-0.05, 0) is 42.0 Å². The predicted octanol–water partition coefficient (Wildman–Crippen LogP) is 3.81. The second-order valence-electron chi connectivity index (χ2n) is 5.74. The summed E-state index contributed by atoms with van der Waals surface area (Å²) in [5.41, 5.74) is 13.5. The molecule has 0 radical (unpaired) electrons. The van der Waals surface area contributed by atoms with Crippen molar-refractivity contribution in [3.8, 4) is 0 Å². The first-order valence-electron chi connectivity index (χ1n) is 6.12. The number of aryl methyl sites for hydroxylation is 1. The van der Waals surface area contributed by atoms with Gasteiger partial charge in [0.15, 0.2) is 0 Å². The standard InChI is InChI=1S/C14H20Br2N2O/c1-8-4-11(16)9(5-10(8)15)12(17)6-14(2,3)7-13(18)19/h4-5,12H,6-7,17H2,1-3H3,(H2,18,19). The zero-order valence-corrected chi connectivity index (χ0v) is 14.6. The molecule has 0 fully saturated rings. The molecule has 1 rings (SSSR count). The van der Waals surface area contributed by atoms with Gasteiger partial charge >= 0.3 is 0 Å². The lowest BCUT2D eigenvalue weighted by Gasteiger charge is -2.27. The van der Waals surface area contributed by atoms with Crippen molar-refractivity contribution in [2.75, 3.05) is 0 Å². The number of primary amides is 1. The van der Waals surface area contributed by atoms with Gasteiger partial charge in [-0.2, -0.15) is 0 Å². The lowest BCUT2D eigenvalue weighted by Crippen LogP contribution is -2.27. The Morgan fingerprint density at radius 1 is 1.32 bits per heavy atom. The minimum absolute atomic E-state index is 0.138. The number of hydrogen-bond donors (Lipinski definition) is 2. The van der Waals surface area contributed by atoms with Gasteiger partial charge in [0.25, 0.3) is 0 Å². The van der Waals surface area contributed by atoms with Crippen LogP contribution in [0.25, 0.3) is 0 Å². The molecule has 19 heavy (non-hydrogen) atoms. The van der Waals surface area contributed by atoms with Crippen molar-refractivity contribution in [3.05, 3.63) is 32.2 Å². The fraction of sp³-hybridized carbons (Fsp3) is 0.500. The Labute approximate surface area is 131 Å². The summed E-state index contributed by atoms with van der Waals surface area (Å²) >= 11 is 7.07. The third-order valence-electron chi connectivity index (χ3n) is 3.10. The van der Waals surface area contributed by atoms with E-state index < -0.39 is 0 Å². The van der Waals surface area contributed by atoms with Crippen LogP contribution in [0.2, 0.25) is 0 Å². The Kier molecular flexibility index (Phi) is 5.59. The Bertz CT molecular complexity index is 487. The molecule has 0 aliphatic heterocycles. The van der Waals surface area contributed by atoms with E-state index in [9.17, 15) is 4.79 Å². The molecule has 1 aromatic carbocycles. The van der Waals surface area contributed by atoms with Gasteiger partial charge < -0.3 is 11.5 Å². The summed E-state index contributed by atoms with van der Waals surface area (Å²) < 4.78 is 2.03. The van der Waals surface area contributed by atoms with E-state index in [1.807, 2.05) is 32.9 Å². The summed E-state index contributed by atoms with van der Waals surface area (Å²) in [6, 6.07) is 3.94. The van der Waals surface area contributed by atoms with Crippen LogP contribution >= 0.6 is 31.9 Å². The minimum Gasteiger partial charge on any atom is -0.370 e. The topological polar surface area (TPSA) is 69.1 Å². The van der Waals surface area contributed by atoms with Crippen LogP contribution in [0.1, 0.15) is 43.9 Å². The average molecular weight is 392 g/mol. The van der Waals surface area contributed by atoms with Crippen molar-refractivity contribution in [2.45, 2.75) is 39.7 Å². The quantitative estimate of drug-likeness (QED) is 0.800. The molecule has 0 aromatic heterocycles. The maximum Gasteiger partial charge on any atom is 0.217 e. The van der Waals surface area contributed by atoms with E-state index in [1.165, 1.54) is 0 Å². The summed E-state index contributed by atoms with van der Waals surface area (Å²) in [5, 5.41) is 0. The molecule has 0 aliphatic carbocycles. The van der Waals surface area contributed by atoms with Gasteiger partial charge in [0, 0.05) is 21.4 Å². The third-order valence-corrected chi connectivity index (χ3v) is 4.64. The molecular formula is C14H20Br2N2O. The molecule has 0 spiro atoms. The van der Waals surface area contributed by atoms with Gasteiger partial charge in [0.05, 0.1) is 0 Å². The number of nitrogens with two attached hydrogens (primary N) is 2. The molecule has 4 N–H and O–H groups in total. The molecule has 1 amide bonds. The first kappa shape index (κ1) is 16.7. The molecule has 0 bridgehead atoms. The van der Waals surface area contributed by atoms with Crippen LogP contribution in [-0.4, -0.2) is 5.91 Å². The average Bonchev–Trinajstić information content (AvgIpc) is 2.20. The molecule has 0 aliphatic rings. The molecule has 1 atom stereocenters. The van der Waals surface area contributed by atoms with Crippen molar-refractivity contribution in [2.24, 2.45) is 16.9 Å². The fourth-order valence-corrected chi connectivity index (χ4v) is 3.31. The minimum atomic E-state index is -0.290. The van der Waals surface area contributed by atoms with Crippen molar-refractivity contribution in [1.29, 1.82) is 0 Å². The van der Waals surface area contributed by atoms with Crippen LogP contribution in [0.4, 0.5) is 0 Å². The maximum atomic E-state index is 11.1. The number of rotatable bonds is 5. The highest BCUT2D eigenvalue weighted by Crippen LogP contribution is 2.36. The number of halogens is 2. The largest absolute Gasteiger partial charge is 0.370 e. The normalized spacial score (nSPS) is 13.4. The zero-order valence-electron chi connectivity index (χ0n) is 11.5. The van der Waals surface area contributed by atoms with Crippen molar-refractivity contribution < 1.29 is 4.79 Å². The molecule has 1 unspecified atom stereocenters. The Hall–Kier alpha value is -0.390. The highest BCUT2D eigenvalue weighted by atomic mass is 79.9. The Balaban J connectivity index is 2.92. The highest BCUT2D eigenvalue weighted by molar-refractivity contribution is 9.11. The summed E-state index contributed by atoms with van der Waals surface area (Å²) in [4.78, 5) is 11.1.